The van der Waals surface area contributed by atoms with Gasteiger partial charge in [-0.05, 0) is 29.8 Å². The van der Waals surface area contributed by atoms with E-state index in [1.54, 1.807) is 13.3 Å². The Morgan fingerprint density at radius 1 is 1.14 bits per heavy atom. The van der Waals surface area contributed by atoms with Gasteiger partial charge in [-0.25, -0.2) is 0 Å². The second-order valence-corrected chi connectivity index (χ2v) is 7.26. The number of hydrogen-bond donors (Lipinski definition) is 0. The number of carbonyl (C=O) groups is 2. The molecule has 0 N–H and O–H groups in total. The van der Waals surface area contributed by atoms with Gasteiger partial charge in [-0.15, -0.1) is 0 Å². The van der Waals surface area contributed by atoms with Gasteiger partial charge >= 0.3 is 0 Å². The first-order valence-electron chi connectivity index (χ1n) is 8.74. The summed E-state index contributed by atoms with van der Waals surface area (Å²) in [6.45, 7) is 0.643. The van der Waals surface area contributed by atoms with Crippen molar-refractivity contribution in [3.05, 3.63) is 65.9 Å². The van der Waals surface area contributed by atoms with Crippen LogP contribution in [0.5, 0.6) is 11.5 Å². The summed E-state index contributed by atoms with van der Waals surface area (Å²) in [5.74, 6) is 1.55. The van der Waals surface area contributed by atoms with Crippen LogP contribution in [0, 0.1) is 0 Å². The average molecular weight is 394 g/mol. The molecule has 0 atom stereocenters. The molecule has 0 aliphatic carbocycles. The third kappa shape index (κ3) is 3.80. The number of ether oxygens (including phenoxy) is 2. The second-order valence-electron chi connectivity index (χ2n) is 6.33. The Bertz CT molecular complexity index is 1040. The fraction of sp³-hybridized carbons (Fsp3) is 0.190. The number of aromatic nitrogens is 1. The zero-order chi connectivity index (χ0) is 19.5. The Kier molecular flexibility index (Phi) is 5.16. The molecule has 142 valence electrons. The molecule has 0 bridgehead atoms. The molecule has 1 aromatic heterocycles. The molecule has 0 spiro atoms. The molecule has 3 aromatic rings. The molecule has 1 aliphatic rings. The summed E-state index contributed by atoms with van der Waals surface area (Å²) in [5, 5.41) is 0.721. The smallest absolute Gasteiger partial charge is 0.289 e. The van der Waals surface area contributed by atoms with Crippen molar-refractivity contribution in [2.75, 3.05) is 12.9 Å². The van der Waals surface area contributed by atoms with Crippen LogP contribution in [0.25, 0.3) is 10.9 Å². The number of thioether (sulfide) groups is 1. The Labute approximate surface area is 166 Å². The lowest BCUT2D eigenvalue weighted by Gasteiger charge is -2.13. The minimum Gasteiger partial charge on any atom is -0.496 e. The molecule has 2 heterocycles. The monoisotopic (exact) mass is 394 g/mol. The predicted octanol–water partition coefficient (Wildman–Crippen LogP) is 4.02. The van der Waals surface area contributed by atoms with Crippen LogP contribution in [0.15, 0.2) is 54.7 Å². The molecule has 6 nitrogen and oxygen atoms in total. The number of pyridine rings is 1. The highest BCUT2D eigenvalue weighted by molar-refractivity contribution is 8.14. The molecule has 28 heavy (non-hydrogen) atoms. The van der Waals surface area contributed by atoms with Crippen molar-refractivity contribution < 1.29 is 19.1 Å². The summed E-state index contributed by atoms with van der Waals surface area (Å²) in [6.07, 6.45) is 1.69. The number of nitrogens with zero attached hydrogens (tertiary/aromatic N) is 2. The van der Waals surface area contributed by atoms with Gasteiger partial charge in [0.1, 0.15) is 18.1 Å². The summed E-state index contributed by atoms with van der Waals surface area (Å²) in [6, 6.07) is 15.3. The van der Waals surface area contributed by atoms with Crippen molar-refractivity contribution in [3.8, 4) is 11.5 Å². The number of benzene rings is 2. The quantitative estimate of drug-likeness (QED) is 0.629. The highest BCUT2D eigenvalue weighted by atomic mass is 32.2. The molecule has 2 amide bonds. The summed E-state index contributed by atoms with van der Waals surface area (Å²) in [4.78, 5) is 29.2. The zero-order valence-corrected chi connectivity index (χ0v) is 16.1. The van der Waals surface area contributed by atoms with Gasteiger partial charge in [-0.2, -0.15) is 0 Å². The fourth-order valence-electron chi connectivity index (χ4n) is 3.02. The van der Waals surface area contributed by atoms with E-state index in [0.717, 1.165) is 39.5 Å². The van der Waals surface area contributed by atoms with E-state index >= 15 is 0 Å². The number of rotatable bonds is 6. The lowest BCUT2D eigenvalue weighted by molar-refractivity contribution is -0.125. The molecule has 0 radical (unpaired) electrons. The normalized spacial score (nSPS) is 14.0. The van der Waals surface area contributed by atoms with E-state index < -0.39 is 0 Å². The zero-order valence-electron chi connectivity index (χ0n) is 15.3. The highest BCUT2D eigenvalue weighted by Gasteiger charge is 2.29. The van der Waals surface area contributed by atoms with Gasteiger partial charge in [-0.1, -0.05) is 30.0 Å². The van der Waals surface area contributed by atoms with E-state index in [2.05, 4.69) is 4.98 Å². The minimum absolute atomic E-state index is 0.157. The van der Waals surface area contributed by atoms with Gasteiger partial charge in [-0.3, -0.25) is 19.5 Å². The van der Waals surface area contributed by atoms with Crippen molar-refractivity contribution in [2.45, 2.75) is 13.2 Å². The van der Waals surface area contributed by atoms with Gasteiger partial charge in [0.2, 0.25) is 5.91 Å². The molecule has 1 fully saturated rings. The van der Waals surface area contributed by atoms with Crippen LogP contribution >= 0.6 is 11.8 Å². The van der Waals surface area contributed by atoms with Crippen molar-refractivity contribution >= 4 is 33.8 Å². The topological polar surface area (TPSA) is 68.7 Å². The van der Waals surface area contributed by atoms with Crippen molar-refractivity contribution in [3.63, 3.8) is 0 Å². The van der Waals surface area contributed by atoms with Crippen LogP contribution in [0.2, 0.25) is 0 Å². The molecular weight excluding hydrogens is 376 g/mol. The summed E-state index contributed by atoms with van der Waals surface area (Å²) >= 11 is 1.04. The minimum atomic E-state index is -0.204. The van der Waals surface area contributed by atoms with Crippen molar-refractivity contribution in [1.29, 1.82) is 0 Å². The van der Waals surface area contributed by atoms with E-state index in [4.69, 9.17) is 9.47 Å². The van der Waals surface area contributed by atoms with Crippen molar-refractivity contribution in [1.82, 2.24) is 9.88 Å². The molecular formula is C21H18N2O4S. The molecule has 0 saturated carbocycles. The van der Waals surface area contributed by atoms with E-state index in [1.807, 2.05) is 48.5 Å². The SMILES string of the molecule is COc1ccccc1COc1ccc2cc(CN3C(=O)CSC3=O)cnc2c1. The Balaban J connectivity index is 1.49. The number of imide groups is 1. The maximum absolute atomic E-state index is 11.8. The van der Waals surface area contributed by atoms with Gasteiger partial charge < -0.3 is 9.47 Å². The van der Waals surface area contributed by atoms with Crippen LogP contribution in [-0.2, 0) is 17.9 Å². The van der Waals surface area contributed by atoms with Crippen molar-refractivity contribution in [2.24, 2.45) is 0 Å². The van der Waals surface area contributed by atoms with E-state index in [0.29, 0.717) is 12.4 Å². The first-order valence-corrected chi connectivity index (χ1v) is 9.73. The Hall–Kier alpha value is -3.06. The van der Waals surface area contributed by atoms with Crippen LogP contribution in [-0.4, -0.2) is 33.9 Å². The fourth-order valence-corrected chi connectivity index (χ4v) is 3.75. The van der Waals surface area contributed by atoms with Gasteiger partial charge in [0.05, 0.1) is 24.9 Å². The number of carbonyl (C=O) groups excluding carboxylic acids is 2. The standard InChI is InChI=1S/C21H18N2O4S/c1-26-19-5-3-2-4-16(19)12-27-17-7-6-15-8-14(10-22-18(15)9-17)11-23-20(24)13-28-21(23)25/h2-10H,11-13H2,1H3. The number of amides is 2. The van der Waals surface area contributed by atoms with Gasteiger partial charge in [0.25, 0.3) is 5.24 Å². The maximum atomic E-state index is 11.8. The second kappa shape index (κ2) is 7.90. The number of fused-ring (bicyclic) bond motifs is 1. The Morgan fingerprint density at radius 3 is 2.79 bits per heavy atom. The lowest BCUT2D eigenvalue weighted by atomic mass is 10.1. The summed E-state index contributed by atoms with van der Waals surface area (Å²) in [5.41, 5.74) is 2.57. The third-order valence-corrected chi connectivity index (χ3v) is 5.34. The largest absolute Gasteiger partial charge is 0.496 e. The van der Waals surface area contributed by atoms with Crippen LogP contribution < -0.4 is 9.47 Å². The molecule has 7 heteroatoms. The molecule has 1 aliphatic heterocycles. The number of para-hydroxylation sites is 1. The predicted molar refractivity (Wildman–Crippen MR) is 107 cm³/mol. The van der Waals surface area contributed by atoms with E-state index in [-0.39, 0.29) is 23.4 Å². The van der Waals surface area contributed by atoms with Gasteiger partial charge in [0.15, 0.2) is 0 Å². The molecule has 4 rings (SSSR count). The summed E-state index contributed by atoms with van der Waals surface area (Å²) in [7, 11) is 1.64. The first kappa shape index (κ1) is 18.3. The third-order valence-electron chi connectivity index (χ3n) is 4.48. The molecule has 2 aromatic carbocycles. The van der Waals surface area contributed by atoms with E-state index in [1.165, 1.54) is 4.90 Å². The van der Waals surface area contributed by atoms with Gasteiger partial charge in [0, 0.05) is 23.2 Å². The summed E-state index contributed by atoms with van der Waals surface area (Å²) < 4.78 is 11.2. The van der Waals surface area contributed by atoms with Crippen LogP contribution in [0.1, 0.15) is 11.1 Å². The number of hydrogen-bond acceptors (Lipinski definition) is 6. The first-order chi connectivity index (χ1) is 13.6. The molecule has 0 unspecified atom stereocenters. The van der Waals surface area contributed by atoms with Crippen LogP contribution in [0.3, 0.4) is 0 Å². The number of methoxy groups -OCH3 is 1. The lowest BCUT2D eigenvalue weighted by Crippen LogP contribution is -2.27. The highest BCUT2D eigenvalue weighted by Crippen LogP contribution is 2.25. The molecule has 1 saturated heterocycles. The van der Waals surface area contributed by atoms with E-state index in [9.17, 15) is 9.59 Å². The Morgan fingerprint density at radius 2 is 2.00 bits per heavy atom. The maximum Gasteiger partial charge on any atom is 0.289 e. The van der Waals surface area contributed by atoms with Crippen LogP contribution in [0.4, 0.5) is 4.79 Å². The average Bonchev–Trinajstić information content (AvgIpc) is 3.04.